The SMILES string of the molecule is COc1ccc(C2CSC(=O)[C@H](Cc3c[nH]c4ccccc34)N2)c(OC)c1. The summed E-state index contributed by atoms with van der Waals surface area (Å²) in [5.74, 6) is 2.21. The standard InChI is InChI=1S/C21H22N2O3S/c1-25-14-7-8-16(20(10-14)26-2)19-12-27-21(24)18(23-19)9-13-11-22-17-6-4-3-5-15(13)17/h3-8,10-11,18-19,22-23H,9,12H2,1-2H3/t18-,19?/m0/s1. The molecule has 1 unspecified atom stereocenters. The van der Waals surface area contributed by atoms with Crippen LogP contribution in [-0.2, 0) is 11.2 Å². The smallest absolute Gasteiger partial charge is 0.206 e. The van der Waals surface area contributed by atoms with Crippen LogP contribution in [0.5, 0.6) is 11.5 Å². The predicted molar refractivity (Wildman–Crippen MR) is 109 cm³/mol. The maximum absolute atomic E-state index is 12.5. The summed E-state index contributed by atoms with van der Waals surface area (Å²) >= 11 is 1.39. The van der Waals surface area contributed by atoms with Gasteiger partial charge in [-0.05, 0) is 24.1 Å². The van der Waals surface area contributed by atoms with Gasteiger partial charge in [-0.2, -0.15) is 0 Å². The largest absolute Gasteiger partial charge is 0.497 e. The van der Waals surface area contributed by atoms with Crippen LogP contribution in [0.1, 0.15) is 17.2 Å². The second-order valence-electron chi connectivity index (χ2n) is 6.57. The number of thioether (sulfide) groups is 1. The molecule has 0 amide bonds. The molecule has 2 heterocycles. The summed E-state index contributed by atoms with van der Waals surface area (Å²) in [5.41, 5.74) is 3.29. The monoisotopic (exact) mass is 382 g/mol. The molecule has 2 N–H and O–H groups in total. The van der Waals surface area contributed by atoms with Gasteiger partial charge in [-0.25, -0.2) is 0 Å². The number of rotatable bonds is 5. The molecule has 5 nitrogen and oxygen atoms in total. The second kappa shape index (κ2) is 7.66. The van der Waals surface area contributed by atoms with Gasteiger partial charge in [0.1, 0.15) is 11.5 Å². The molecule has 1 aliphatic heterocycles. The van der Waals surface area contributed by atoms with E-state index in [4.69, 9.17) is 9.47 Å². The first-order chi connectivity index (χ1) is 13.2. The first-order valence-corrected chi connectivity index (χ1v) is 9.87. The number of nitrogens with one attached hydrogen (secondary N) is 2. The summed E-state index contributed by atoms with van der Waals surface area (Å²) in [6.07, 6.45) is 2.66. The van der Waals surface area contributed by atoms with Crippen LogP contribution >= 0.6 is 11.8 Å². The van der Waals surface area contributed by atoms with E-state index in [1.54, 1.807) is 14.2 Å². The fourth-order valence-corrected chi connectivity index (χ4v) is 4.53. The van der Waals surface area contributed by atoms with E-state index < -0.39 is 0 Å². The highest BCUT2D eigenvalue weighted by molar-refractivity contribution is 8.13. The van der Waals surface area contributed by atoms with Gasteiger partial charge in [0.2, 0.25) is 5.12 Å². The quantitative estimate of drug-likeness (QED) is 0.704. The van der Waals surface area contributed by atoms with Crippen molar-refractivity contribution in [3.8, 4) is 11.5 Å². The number of fused-ring (bicyclic) bond motifs is 1. The van der Waals surface area contributed by atoms with E-state index in [1.165, 1.54) is 17.1 Å². The molecule has 1 saturated heterocycles. The summed E-state index contributed by atoms with van der Waals surface area (Å²) in [4.78, 5) is 15.8. The molecule has 140 valence electrons. The van der Waals surface area contributed by atoms with Crippen LogP contribution in [0.25, 0.3) is 10.9 Å². The summed E-state index contributed by atoms with van der Waals surface area (Å²) in [7, 11) is 3.29. The van der Waals surface area contributed by atoms with E-state index >= 15 is 0 Å². The molecular weight excluding hydrogens is 360 g/mol. The van der Waals surface area contributed by atoms with Gasteiger partial charge in [-0.1, -0.05) is 36.0 Å². The zero-order chi connectivity index (χ0) is 18.8. The maximum Gasteiger partial charge on any atom is 0.206 e. The number of aromatic nitrogens is 1. The molecule has 6 heteroatoms. The molecule has 2 atom stereocenters. The van der Waals surface area contributed by atoms with E-state index in [0.717, 1.165) is 28.1 Å². The van der Waals surface area contributed by atoms with Crippen molar-refractivity contribution in [2.75, 3.05) is 20.0 Å². The highest BCUT2D eigenvalue weighted by Crippen LogP contribution is 2.35. The predicted octanol–water partition coefficient (Wildman–Crippen LogP) is 3.70. The van der Waals surface area contributed by atoms with E-state index in [0.29, 0.717) is 12.2 Å². The highest BCUT2D eigenvalue weighted by atomic mass is 32.2. The minimum atomic E-state index is -0.236. The van der Waals surface area contributed by atoms with Crippen molar-refractivity contribution in [2.45, 2.75) is 18.5 Å². The van der Waals surface area contributed by atoms with Gasteiger partial charge in [0, 0.05) is 40.5 Å². The van der Waals surface area contributed by atoms with Gasteiger partial charge >= 0.3 is 0 Å². The number of hydrogen-bond acceptors (Lipinski definition) is 5. The van der Waals surface area contributed by atoms with Crippen molar-refractivity contribution >= 4 is 27.8 Å². The zero-order valence-electron chi connectivity index (χ0n) is 15.3. The van der Waals surface area contributed by atoms with Gasteiger partial charge in [0.25, 0.3) is 0 Å². The number of aromatic amines is 1. The molecule has 1 aromatic heterocycles. The van der Waals surface area contributed by atoms with Gasteiger partial charge in [-0.3, -0.25) is 10.1 Å². The molecule has 4 rings (SSSR count). The Morgan fingerprint density at radius 1 is 1.15 bits per heavy atom. The maximum atomic E-state index is 12.5. The molecule has 27 heavy (non-hydrogen) atoms. The summed E-state index contributed by atoms with van der Waals surface area (Å²) in [6, 6.07) is 13.8. The van der Waals surface area contributed by atoms with E-state index in [9.17, 15) is 4.79 Å². The lowest BCUT2D eigenvalue weighted by atomic mass is 10.0. The molecule has 3 aromatic rings. The molecule has 0 spiro atoms. The molecule has 0 saturated carbocycles. The average Bonchev–Trinajstić information content (AvgIpc) is 3.12. The van der Waals surface area contributed by atoms with Crippen molar-refractivity contribution in [2.24, 2.45) is 0 Å². The Bertz CT molecular complexity index is 969. The number of carbonyl (C=O) groups excluding carboxylic acids is 1. The molecule has 2 aromatic carbocycles. The minimum absolute atomic E-state index is 0.0452. The second-order valence-corrected chi connectivity index (χ2v) is 7.60. The van der Waals surface area contributed by atoms with Crippen LogP contribution in [-0.4, -0.2) is 36.1 Å². The molecule has 0 radical (unpaired) electrons. The first-order valence-electron chi connectivity index (χ1n) is 8.89. The first kappa shape index (κ1) is 17.9. The summed E-state index contributed by atoms with van der Waals surface area (Å²) in [6.45, 7) is 0. The number of carbonyl (C=O) groups is 1. The van der Waals surface area contributed by atoms with Crippen molar-refractivity contribution in [1.29, 1.82) is 0 Å². The van der Waals surface area contributed by atoms with Crippen LogP contribution < -0.4 is 14.8 Å². The number of methoxy groups -OCH3 is 2. The Morgan fingerprint density at radius 2 is 2.00 bits per heavy atom. The fraction of sp³-hybridized carbons (Fsp3) is 0.286. The van der Waals surface area contributed by atoms with Gasteiger partial charge < -0.3 is 14.5 Å². The zero-order valence-corrected chi connectivity index (χ0v) is 16.1. The number of H-pyrrole nitrogens is 1. The molecule has 1 aliphatic rings. The number of benzene rings is 2. The fourth-order valence-electron chi connectivity index (χ4n) is 3.57. The van der Waals surface area contributed by atoms with Crippen LogP contribution in [0.4, 0.5) is 0 Å². The third-order valence-electron chi connectivity index (χ3n) is 4.99. The van der Waals surface area contributed by atoms with Crippen LogP contribution in [0.3, 0.4) is 0 Å². The van der Waals surface area contributed by atoms with Crippen LogP contribution in [0, 0.1) is 0 Å². The van der Waals surface area contributed by atoms with Gasteiger partial charge in [0.05, 0.1) is 20.3 Å². The number of ether oxygens (including phenoxy) is 2. The lowest BCUT2D eigenvalue weighted by molar-refractivity contribution is -0.113. The molecule has 0 bridgehead atoms. The molecule has 1 fully saturated rings. The third kappa shape index (κ3) is 3.55. The lowest BCUT2D eigenvalue weighted by Crippen LogP contribution is -2.44. The van der Waals surface area contributed by atoms with Crippen molar-refractivity contribution in [3.05, 3.63) is 59.8 Å². The Morgan fingerprint density at radius 3 is 2.81 bits per heavy atom. The van der Waals surface area contributed by atoms with Crippen molar-refractivity contribution in [3.63, 3.8) is 0 Å². The number of hydrogen-bond donors (Lipinski definition) is 2. The Kier molecular flexibility index (Phi) is 5.09. The minimum Gasteiger partial charge on any atom is -0.497 e. The van der Waals surface area contributed by atoms with Crippen molar-refractivity contribution in [1.82, 2.24) is 10.3 Å². The highest BCUT2D eigenvalue weighted by Gasteiger charge is 2.31. The molecular formula is C21H22N2O3S. The third-order valence-corrected chi connectivity index (χ3v) is 6.06. The van der Waals surface area contributed by atoms with Crippen LogP contribution in [0.15, 0.2) is 48.7 Å². The summed E-state index contributed by atoms with van der Waals surface area (Å²) < 4.78 is 10.8. The number of para-hydroxylation sites is 1. The van der Waals surface area contributed by atoms with Gasteiger partial charge in [0.15, 0.2) is 0 Å². The van der Waals surface area contributed by atoms with E-state index in [1.807, 2.05) is 36.5 Å². The van der Waals surface area contributed by atoms with E-state index in [-0.39, 0.29) is 17.2 Å². The molecule has 0 aliphatic carbocycles. The Labute approximate surface area is 162 Å². The van der Waals surface area contributed by atoms with E-state index in [2.05, 4.69) is 22.4 Å². The average molecular weight is 382 g/mol. The normalized spacial score (nSPS) is 20.0. The Balaban J connectivity index is 1.57. The Hall–Kier alpha value is -2.44. The van der Waals surface area contributed by atoms with Gasteiger partial charge in [-0.15, -0.1) is 0 Å². The van der Waals surface area contributed by atoms with Crippen LogP contribution in [0.2, 0.25) is 0 Å². The topological polar surface area (TPSA) is 63.4 Å². The van der Waals surface area contributed by atoms with Crippen molar-refractivity contribution < 1.29 is 14.3 Å². The lowest BCUT2D eigenvalue weighted by Gasteiger charge is -2.30. The summed E-state index contributed by atoms with van der Waals surface area (Å²) in [5, 5.41) is 4.88.